The first-order valence-electron chi connectivity index (χ1n) is 9.59. The van der Waals surface area contributed by atoms with Gasteiger partial charge in [-0.2, -0.15) is 0 Å². The van der Waals surface area contributed by atoms with Crippen molar-refractivity contribution < 1.29 is 28.5 Å². The van der Waals surface area contributed by atoms with E-state index < -0.39 is 26.5 Å². The summed E-state index contributed by atoms with van der Waals surface area (Å²) in [5, 5.41) is 20.2. The van der Waals surface area contributed by atoms with Crippen LogP contribution in [0.25, 0.3) is 21.9 Å². The molecule has 0 aromatic heterocycles. The summed E-state index contributed by atoms with van der Waals surface area (Å²) >= 11 is 0. The van der Waals surface area contributed by atoms with Gasteiger partial charge in [0.25, 0.3) is 0 Å². The molecule has 0 radical (unpaired) electrons. The third kappa shape index (κ3) is 5.96. The number of benzene rings is 3. The minimum absolute atomic E-state index is 0.135. The Bertz CT molecular complexity index is 1180. The smallest absolute Gasteiger partial charge is 0.481 e. The molecule has 0 bridgehead atoms. The van der Waals surface area contributed by atoms with Gasteiger partial charge in [-0.3, -0.25) is 4.79 Å². The van der Waals surface area contributed by atoms with Crippen molar-refractivity contribution in [2.45, 2.75) is 19.4 Å². The van der Waals surface area contributed by atoms with Crippen molar-refractivity contribution in [3.8, 4) is 23.0 Å². The second-order valence-electron chi connectivity index (χ2n) is 7.01. The fourth-order valence-electron chi connectivity index (χ4n) is 3.28. The molecule has 2 N–H and O–H groups in total. The van der Waals surface area contributed by atoms with Gasteiger partial charge in [0.1, 0.15) is 11.9 Å². The predicted molar refractivity (Wildman–Crippen MR) is 118 cm³/mol. The van der Waals surface area contributed by atoms with Gasteiger partial charge in [-0.25, -0.2) is 4.39 Å². The summed E-state index contributed by atoms with van der Waals surface area (Å²) in [6.45, 7) is 1.80. The van der Waals surface area contributed by atoms with Crippen LogP contribution in [0, 0.1) is 24.6 Å². The molecule has 0 heterocycles. The number of carboxylic acids is 1. The molecule has 31 heavy (non-hydrogen) atoms. The standard InChI is InChI=1S/C24H20FO5P/c1-16-13-18-5-2-3-6-22(18)24(17-8-10-19(25)11-9-17)21(16)7-4-12-30-31(29)15-20(26)14-23(27)28/h2-3,5-6,8-11,13,20,26H,12,14-15H2,1H3/p+1/t20-/m0/s1. The second kappa shape index (κ2) is 10.3. The Hall–Kier alpha value is -3.10. The summed E-state index contributed by atoms with van der Waals surface area (Å²) in [4.78, 5) is 10.6. The van der Waals surface area contributed by atoms with Gasteiger partial charge >= 0.3 is 14.0 Å². The van der Waals surface area contributed by atoms with Gasteiger partial charge in [0, 0.05) is 11.1 Å². The van der Waals surface area contributed by atoms with Crippen LogP contribution in [-0.4, -0.2) is 35.1 Å². The van der Waals surface area contributed by atoms with Crippen molar-refractivity contribution in [1.82, 2.24) is 0 Å². The summed E-state index contributed by atoms with van der Waals surface area (Å²) in [7, 11) is -2.23. The molecule has 0 aliphatic rings. The van der Waals surface area contributed by atoms with Crippen LogP contribution in [0.15, 0.2) is 54.6 Å². The highest BCUT2D eigenvalue weighted by atomic mass is 31.1. The van der Waals surface area contributed by atoms with Crippen molar-refractivity contribution in [3.63, 3.8) is 0 Å². The van der Waals surface area contributed by atoms with Gasteiger partial charge in [-0.05, 0) is 45.5 Å². The van der Waals surface area contributed by atoms with Crippen LogP contribution in [0.4, 0.5) is 4.39 Å². The maximum atomic E-state index is 13.5. The number of hydrogen-bond donors (Lipinski definition) is 2. The first-order chi connectivity index (χ1) is 14.8. The Balaban J connectivity index is 1.87. The highest BCUT2D eigenvalue weighted by Crippen LogP contribution is 2.34. The SMILES string of the molecule is Cc1cc2ccccc2c(-c2ccc(F)cc2)c1C#CCO[P+](=O)C[C@@H](O)CC(=O)O. The van der Waals surface area contributed by atoms with Crippen LogP contribution < -0.4 is 0 Å². The molecule has 1 unspecified atom stereocenters. The van der Waals surface area contributed by atoms with E-state index in [1.807, 2.05) is 37.3 Å². The van der Waals surface area contributed by atoms with Crippen LogP contribution in [0.5, 0.6) is 0 Å². The van der Waals surface area contributed by atoms with E-state index in [9.17, 15) is 18.9 Å². The minimum atomic E-state index is -2.23. The first-order valence-corrected chi connectivity index (χ1v) is 11.0. The monoisotopic (exact) mass is 439 g/mol. The quantitative estimate of drug-likeness (QED) is 0.404. The van der Waals surface area contributed by atoms with Gasteiger partial charge in [-0.1, -0.05) is 54.3 Å². The van der Waals surface area contributed by atoms with Gasteiger partial charge in [0.15, 0.2) is 6.61 Å². The average molecular weight is 439 g/mol. The zero-order valence-corrected chi connectivity index (χ0v) is 17.7. The van der Waals surface area contributed by atoms with Crippen molar-refractivity contribution in [3.05, 3.63) is 71.5 Å². The first kappa shape index (κ1) is 22.6. The molecule has 3 aromatic rings. The summed E-state index contributed by atoms with van der Waals surface area (Å²) in [5.41, 5.74) is 3.40. The lowest BCUT2D eigenvalue weighted by Gasteiger charge is -2.13. The lowest BCUT2D eigenvalue weighted by atomic mass is 9.90. The molecule has 3 aromatic carbocycles. The third-order valence-corrected chi connectivity index (χ3v) is 5.78. The molecule has 0 aliphatic carbocycles. The molecule has 0 spiro atoms. The summed E-state index contributed by atoms with van der Waals surface area (Å²) < 4.78 is 30.5. The molecule has 0 saturated heterocycles. The number of carbonyl (C=O) groups is 1. The number of halogens is 1. The maximum Gasteiger partial charge on any atom is 0.511 e. The van der Waals surface area contributed by atoms with Gasteiger partial charge < -0.3 is 10.2 Å². The van der Waals surface area contributed by atoms with Crippen LogP contribution in [0.1, 0.15) is 17.5 Å². The minimum Gasteiger partial charge on any atom is -0.481 e. The molecular weight excluding hydrogens is 418 g/mol. The van der Waals surface area contributed by atoms with E-state index in [2.05, 4.69) is 11.8 Å². The van der Waals surface area contributed by atoms with Gasteiger partial charge in [-0.15, -0.1) is 4.52 Å². The highest BCUT2D eigenvalue weighted by molar-refractivity contribution is 7.39. The Morgan fingerprint density at radius 2 is 1.90 bits per heavy atom. The molecule has 0 aliphatic heterocycles. The summed E-state index contributed by atoms with van der Waals surface area (Å²) in [5.74, 6) is 4.43. The normalized spacial score (nSPS) is 12.2. The van der Waals surface area contributed by atoms with E-state index in [0.717, 1.165) is 33.0 Å². The number of rotatable bonds is 7. The number of aliphatic hydroxyl groups excluding tert-OH is 1. The van der Waals surface area contributed by atoms with E-state index in [4.69, 9.17) is 9.63 Å². The van der Waals surface area contributed by atoms with Crippen molar-refractivity contribution >= 4 is 24.8 Å². The Morgan fingerprint density at radius 1 is 1.19 bits per heavy atom. The van der Waals surface area contributed by atoms with E-state index in [1.165, 1.54) is 12.1 Å². The number of hydrogen-bond acceptors (Lipinski definition) is 4. The topological polar surface area (TPSA) is 83.8 Å². The summed E-state index contributed by atoms with van der Waals surface area (Å²) in [6, 6.07) is 16.1. The molecule has 0 amide bonds. The van der Waals surface area contributed by atoms with Crippen molar-refractivity contribution in [2.24, 2.45) is 0 Å². The fraction of sp³-hybridized carbons (Fsp3) is 0.208. The largest absolute Gasteiger partial charge is 0.511 e. The van der Waals surface area contributed by atoms with Crippen molar-refractivity contribution in [1.29, 1.82) is 0 Å². The van der Waals surface area contributed by atoms with E-state index in [-0.39, 0.29) is 18.6 Å². The van der Waals surface area contributed by atoms with Crippen LogP contribution in [0.3, 0.4) is 0 Å². The Labute approximate surface area is 180 Å². The zero-order valence-electron chi connectivity index (χ0n) is 16.8. The number of carboxylic acid groups (broad SMARTS) is 1. The number of aliphatic carboxylic acids is 1. The predicted octanol–water partition coefficient (Wildman–Crippen LogP) is 4.90. The fourth-order valence-corrected chi connectivity index (χ4v) is 4.07. The zero-order chi connectivity index (χ0) is 22.4. The van der Waals surface area contributed by atoms with Crippen LogP contribution in [-0.2, 0) is 13.9 Å². The number of fused-ring (bicyclic) bond motifs is 1. The molecule has 3 rings (SSSR count). The lowest BCUT2D eigenvalue weighted by Crippen LogP contribution is -2.15. The number of aliphatic hydroxyl groups is 1. The van der Waals surface area contributed by atoms with E-state index in [1.54, 1.807) is 12.1 Å². The highest BCUT2D eigenvalue weighted by Gasteiger charge is 2.25. The molecule has 158 valence electrons. The Morgan fingerprint density at radius 3 is 2.61 bits per heavy atom. The molecule has 2 atom stereocenters. The van der Waals surface area contributed by atoms with E-state index >= 15 is 0 Å². The van der Waals surface area contributed by atoms with Crippen LogP contribution >= 0.6 is 8.03 Å². The molecule has 5 nitrogen and oxygen atoms in total. The third-order valence-electron chi connectivity index (χ3n) is 4.64. The molecular formula is C24H21FO5P+. The maximum absolute atomic E-state index is 13.5. The summed E-state index contributed by atoms with van der Waals surface area (Å²) in [6.07, 6.45) is -1.99. The lowest BCUT2D eigenvalue weighted by molar-refractivity contribution is -0.138. The molecule has 0 fully saturated rings. The van der Waals surface area contributed by atoms with Crippen molar-refractivity contribution in [2.75, 3.05) is 12.8 Å². The molecule has 0 saturated carbocycles. The van der Waals surface area contributed by atoms with Gasteiger partial charge in [0.2, 0.25) is 6.16 Å². The second-order valence-corrected chi connectivity index (χ2v) is 8.30. The molecule has 7 heteroatoms. The van der Waals surface area contributed by atoms with Crippen LogP contribution in [0.2, 0.25) is 0 Å². The van der Waals surface area contributed by atoms with Gasteiger partial charge in [0.05, 0.1) is 6.42 Å². The average Bonchev–Trinajstić information content (AvgIpc) is 2.71. The number of aryl methyl sites for hydroxylation is 1. The van der Waals surface area contributed by atoms with E-state index in [0.29, 0.717) is 0 Å². The Kier molecular flexibility index (Phi) is 7.49.